The standard InChI is InChI=1S/C6H6FNO2S/c1-10-6(9)5-3(7)2-4(8)11-5/h2H,8H2,1H3. The second-order valence-electron chi connectivity index (χ2n) is 1.82. The van der Waals surface area contributed by atoms with E-state index in [9.17, 15) is 9.18 Å². The second kappa shape index (κ2) is 2.87. The molecule has 0 bridgehead atoms. The van der Waals surface area contributed by atoms with Crippen molar-refractivity contribution in [1.29, 1.82) is 0 Å². The first-order valence-corrected chi connectivity index (χ1v) is 3.60. The number of nitrogens with two attached hydrogens (primary N) is 1. The van der Waals surface area contributed by atoms with Crippen LogP contribution in [0.1, 0.15) is 9.67 Å². The molecule has 3 nitrogen and oxygen atoms in total. The smallest absolute Gasteiger partial charge is 0.351 e. The van der Waals surface area contributed by atoms with E-state index in [1.54, 1.807) is 0 Å². The van der Waals surface area contributed by atoms with E-state index in [2.05, 4.69) is 4.74 Å². The number of methoxy groups -OCH3 is 1. The normalized spacial score (nSPS) is 9.64. The first-order valence-electron chi connectivity index (χ1n) is 2.78. The van der Waals surface area contributed by atoms with Gasteiger partial charge in [-0.1, -0.05) is 0 Å². The summed E-state index contributed by atoms with van der Waals surface area (Å²) in [5, 5.41) is 0.267. The van der Waals surface area contributed by atoms with Crippen molar-refractivity contribution in [1.82, 2.24) is 0 Å². The highest BCUT2D eigenvalue weighted by Crippen LogP contribution is 2.23. The molecule has 11 heavy (non-hydrogen) atoms. The molecule has 0 aromatic carbocycles. The third-order valence-corrected chi connectivity index (χ3v) is 2.00. The van der Waals surface area contributed by atoms with Crippen LogP contribution in [0.4, 0.5) is 9.39 Å². The molecule has 0 saturated carbocycles. The highest BCUT2D eigenvalue weighted by molar-refractivity contribution is 7.17. The maximum absolute atomic E-state index is 12.7. The number of anilines is 1. The van der Waals surface area contributed by atoms with Gasteiger partial charge in [-0.05, 0) is 0 Å². The molecule has 2 N–H and O–H groups in total. The maximum atomic E-state index is 12.7. The number of halogens is 1. The van der Waals surface area contributed by atoms with Crippen LogP contribution in [0.3, 0.4) is 0 Å². The Kier molecular flexibility index (Phi) is 2.09. The minimum absolute atomic E-state index is 0.0787. The van der Waals surface area contributed by atoms with Crippen molar-refractivity contribution in [3.05, 3.63) is 16.8 Å². The van der Waals surface area contributed by atoms with Gasteiger partial charge in [0.15, 0.2) is 5.82 Å². The zero-order valence-corrected chi connectivity index (χ0v) is 6.57. The minimum atomic E-state index is -0.691. The molecule has 1 rings (SSSR count). The Hall–Kier alpha value is -1.10. The molecule has 0 aliphatic heterocycles. The van der Waals surface area contributed by atoms with Gasteiger partial charge in [-0.15, -0.1) is 11.3 Å². The van der Waals surface area contributed by atoms with Crippen molar-refractivity contribution in [3.8, 4) is 0 Å². The lowest BCUT2D eigenvalue weighted by Gasteiger charge is -1.92. The van der Waals surface area contributed by atoms with Crippen LogP contribution in [0.5, 0.6) is 0 Å². The molecule has 1 aromatic heterocycles. The van der Waals surface area contributed by atoms with Crippen molar-refractivity contribution in [2.45, 2.75) is 0 Å². The van der Waals surface area contributed by atoms with Gasteiger partial charge in [0.25, 0.3) is 0 Å². The number of esters is 1. The molecule has 0 fully saturated rings. The monoisotopic (exact) mass is 175 g/mol. The number of thiophene rings is 1. The molecule has 0 amide bonds. The highest BCUT2D eigenvalue weighted by Gasteiger charge is 2.15. The summed E-state index contributed by atoms with van der Waals surface area (Å²) in [6.07, 6.45) is 0. The molecule has 0 atom stereocenters. The van der Waals surface area contributed by atoms with Gasteiger partial charge >= 0.3 is 5.97 Å². The van der Waals surface area contributed by atoms with Crippen LogP contribution in [0, 0.1) is 5.82 Å². The number of carbonyl (C=O) groups is 1. The van der Waals surface area contributed by atoms with Crippen molar-refractivity contribution in [2.75, 3.05) is 12.8 Å². The summed E-state index contributed by atoms with van der Waals surface area (Å²) in [6.45, 7) is 0. The number of ether oxygens (including phenoxy) is 1. The van der Waals surface area contributed by atoms with Crippen LogP contribution in [0.25, 0.3) is 0 Å². The Morgan fingerprint density at radius 1 is 1.82 bits per heavy atom. The predicted molar refractivity (Wildman–Crippen MR) is 40.0 cm³/mol. The SMILES string of the molecule is COC(=O)c1sc(N)cc1F. The Morgan fingerprint density at radius 2 is 2.45 bits per heavy atom. The molecule has 60 valence electrons. The number of nitrogen functional groups attached to an aromatic ring is 1. The van der Waals surface area contributed by atoms with E-state index in [4.69, 9.17) is 5.73 Å². The van der Waals surface area contributed by atoms with Crippen LogP contribution in [0.2, 0.25) is 0 Å². The van der Waals surface area contributed by atoms with Crippen LogP contribution >= 0.6 is 11.3 Å². The summed E-state index contributed by atoms with van der Waals surface area (Å²) in [5.74, 6) is -1.32. The van der Waals surface area contributed by atoms with Crippen LogP contribution < -0.4 is 5.73 Å². The molecule has 0 aliphatic rings. The lowest BCUT2D eigenvalue weighted by molar-refractivity contribution is 0.0601. The summed E-state index contributed by atoms with van der Waals surface area (Å²) in [6, 6.07) is 1.09. The molecule has 0 radical (unpaired) electrons. The first-order chi connectivity index (χ1) is 5.15. The number of carbonyl (C=O) groups excluding carboxylic acids is 1. The van der Waals surface area contributed by atoms with Gasteiger partial charge < -0.3 is 10.5 Å². The topological polar surface area (TPSA) is 52.3 Å². The fourth-order valence-corrected chi connectivity index (χ4v) is 1.34. The molecule has 0 saturated heterocycles. The quantitative estimate of drug-likeness (QED) is 0.653. The van der Waals surface area contributed by atoms with Crippen molar-refractivity contribution in [3.63, 3.8) is 0 Å². The summed E-state index contributed by atoms with van der Waals surface area (Å²) in [7, 11) is 1.19. The third kappa shape index (κ3) is 1.48. The van der Waals surface area contributed by atoms with E-state index < -0.39 is 11.8 Å². The minimum Gasteiger partial charge on any atom is -0.465 e. The van der Waals surface area contributed by atoms with Gasteiger partial charge in [0.1, 0.15) is 4.88 Å². The second-order valence-corrected chi connectivity index (χ2v) is 2.90. The molecule has 5 heteroatoms. The van der Waals surface area contributed by atoms with E-state index in [1.165, 1.54) is 7.11 Å². The largest absolute Gasteiger partial charge is 0.465 e. The summed E-state index contributed by atoms with van der Waals surface area (Å²) in [5.41, 5.74) is 5.24. The van der Waals surface area contributed by atoms with Crippen LogP contribution in [-0.4, -0.2) is 13.1 Å². The Morgan fingerprint density at radius 3 is 2.82 bits per heavy atom. The lowest BCUT2D eigenvalue weighted by Crippen LogP contribution is -1.99. The number of rotatable bonds is 1. The van der Waals surface area contributed by atoms with E-state index >= 15 is 0 Å². The fourth-order valence-electron chi connectivity index (χ4n) is 0.618. The molecular weight excluding hydrogens is 169 g/mol. The molecule has 0 spiro atoms. The molecule has 0 unspecified atom stereocenters. The zero-order valence-electron chi connectivity index (χ0n) is 5.76. The van der Waals surface area contributed by atoms with E-state index in [1.807, 2.05) is 0 Å². The highest BCUT2D eigenvalue weighted by atomic mass is 32.1. The first kappa shape index (κ1) is 8.00. The summed E-state index contributed by atoms with van der Waals surface area (Å²) in [4.78, 5) is 10.7. The summed E-state index contributed by atoms with van der Waals surface area (Å²) >= 11 is 0.875. The van der Waals surface area contributed by atoms with E-state index in [0.717, 1.165) is 17.4 Å². The van der Waals surface area contributed by atoms with Gasteiger partial charge in [0, 0.05) is 6.07 Å². The van der Waals surface area contributed by atoms with Gasteiger partial charge in [-0.25, -0.2) is 9.18 Å². The fraction of sp³-hybridized carbons (Fsp3) is 0.167. The summed E-state index contributed by atoms with van der Waals surface area (Å²) < 4.78 is 17.0. The molecule has 1 aromatic rings. The predicted octanol–water partition coefficient (Wildman–Crippen LogP) is 1.26. The molecule has 1 heterocycles. The Bertz CT molecular complexity index is 284. The van der Waals surface area contributed by atoms with Gasteiger partial charge in [-0.2, -0.15) is 0 Å². The average molecular weight is 175 g/mol. The maximum Gasteiger partial charge on any atom is 0.351 e. The Labute approximate surface area is 66.6 Å². The van der Waals surface area contributed by atoms with Crippen molar-refractivity contribution in [2.24, 2.45) is 0 Å². The Balaban J connectivity index is 3.03. The van der Waals surface area contributed by atoms with Crippen molar-refractivity contribution < 1.29 is 13.9 Å². The zero-order chi connectivity index (χ0) is 8.43. The van der Waals surface area contributed by atoms with E-state index in [0.29, 0.717) is 0 Å². The number of hydrogen-bond donors (Lipinski definition) is 1. The lowest BCUT2D eigenvalue weighted by atomic mass is 10.4. The van der Waals surface area contributed by atoms with E-state index in [-0.39, 0.29) is 9.88 Å². The van der Waals surface area contributed by atoms with Gasteiger partial charge in [-0.3, -0.25) is 0 Å². The van der Waals surface area contributed by atoms with Crippen LogP contribution in [0.15, 0.2) is 6.07 Å². The van der Waals surface area contributed by atoms with Gasteiger partial charge in [0.05, 0.1) is 12.1 Å². The van der Waals surface area contributed by atoms with Gasteiger partial charge in [0.2, 0.25) is 0 Å². The third-order valence-electron chi connectivity index (χ3n) is 1.08. The average Bonchev–Trinajstić information content (AvgIpc) is 2.28. The van der Waals surface area contributed by atoms with Crippen molar-refractivity contribution >= 4 is 22.3 Å². The number of hydrogen-bond acceptors (Lipinski definition) is 4. The molecular formula is C6H6FNO2S. The molecule has 0 aliphatic carbocycles. The van der Waals surface area contributed by atoms with Crippen LogP contribution in [-0.2, 0) is 4.74 Å².